The van der Waals surface area contributed by atoms with Crippen molar-refractivity contribution in [1.82, 2.24) is 0 Å². The molecule has 0 bridgehead atoms. The molecule has 0 aromatic carbocycles. The third-order valence-corrected chi connectivity index (χ3v) is 16.2. The Bertz CT molecular complexity index is 1520. The standard InChI is InChI=1S/C77H138O6/c1-4-7-10-13-16-19-22-25-27-29-31-33-35-37-38-40-41-43-45-47-49-52-55-58-61-64-67-70-76(79)82-73-74(72-81-75(78)69-66-63-60-57-54-51-24-21-18-15-12-9-6-3)83-77(80)71-68-65-62-59-56-53-50-48-46-44-42-39-36-34-32-30-28-26-23-20-17-14-11-8-5-2/h9,12,18,21-22,25,29,31,51,54,60,63,74H,4-8,10-11,13-17,19-20,23-24,26-28,30,32-50,52-53,55-59,61-62,64-73H2,1-3H3/b12-9-,21-18-,25-22-,31-29-,54-51-,63-60-. The van der Waals surface area contributed by atoms with Crippen molar-refractivity contribution in [2.45, 2.75) is 386 Å². The zero-order valence-electron chi connectivity index (χ0n) is 55.5. The summed E-state index contributed by atoms with van der Waals surface area (Å²) in [6.07, 6.45) is 94.0. The third kappa shape index (κ3) is 69.5. The van der Waals surface area contributed by atoms with Gasteiger partial charge >= 0.3 is 17.9 Å². The molecule has 0 fully saturated rings. The summed E-state index contributed by atoms with van der Waals surface area (Å²) in [5, 5.41) is 0. The van der Waals surface area contributed by atoms with Gasteiger partial charge in [-0.05, 0) is 77.0 Å². The highest BCUT2D eigenvalue weighted by Crippen LogP contribution is 2.19. The maximum Gasteiger partial charge on any atom is 0.306 e. The summed E-state index contributed by atoms with van der Waals surface area (Å²) in [6, 6.07) is 0. The van der Waals surface area contributed by atoms with Crippen LogP contribution >= 0.6 is 0 Å². The van der Waals surface area contributed by atoms with E-state index in [1.54, 1.807) is 0 Å². The van der Waals surface area contributed by atoms with Crippen molar-refractivity contribution in [3.05, 3.63) is 72.9 Å². The van der Waals surface area contributed by atoms with Gasteiger partial charge < -0.3 is 14.2 Å². The van der Waals surface area contributed by atoms with E-state index in [0.717, 1.165) is 70.6 Å². The molecule has 0 radical (unpaired) electrons. The van der Waals surface area contributed by atoms with E-state index in [1.165, 1.54) is 263 Å². The quantitative estimate of drug-likeness (QED) is 0.0261. The number of allylic oxidation sites excluding steroid dienone is 12. The van der Waals surface area contributed by atoms with Gasteiger partial charge in [0.05, 0.1) is 0 Å². The van der Waals surface area contributed by atoms with Crippen molar-refractivity contribution in [1.29, 1.82) is 0 Å². The van der Waals surface area contributed by atoms with Gasteiger partial charge in [-0.25, -0.2) is 0 Å². The Morgan fingerprint density at radius 1 is 0.253 bits per heavy atom. The summed E-state index contributed by atoms with van der Waals surface area (Å²) in [4.78, 5) is 38.4. The van der Waals surface area contributed by atoms with Crippen molar-refractivity contribution >= 4 is 17.9 Å². The Hall–Kier alpha value is -3.15. The van der Waals surface area contributed by atoms with Crippen LogP contribution in [0.25, 0.3) is 0 Å². The van der Waals surface area contributed by atoms with Gasteiger partial charge in [0.25, 0.3) is 0 Å². The van der Waals surface area contributed by atoms with Gasteiger partial charge in [-0.1, -0.05) is 357 Å². The first kappa shape index (κ1) is 79.8. The highest BCUT2D eigenvalue weighted by molar-refractivity contribution is 5.71. The summed E-state index contributed by atoms with van der Waals surface area (Å²) >= 11 is 0. The number of esters is 3. The lowest BCUT2D eigenvalue weighted by Gasteiger charge is -2.18. The molecule has 0 amide bonds. The monoisotopic (exact) mass is 1160 g/mol. The fraction of sp³-hybridized carbons (Fsp3) is 0.805. The molecule has 0 saturated carbocycles. The first-order chi connectivity index (χ1) is 41.0. The normalized spacial score (nSPS) is 12.5. The summed E-state index contributed by atoms with van der Waals surface area (Å²) in [5.74, 6) is -0.956. The average Bonchev–Trinajstić information content (AvgIpc) is 3.49. The van der Waals surface area contributed by atoms with E-state index in [0.29, 0.717) is 19.3 Å². The van der Waals surface area contributed by atoms with Crippen molar-refractivity contribution in [3.8, 4) is 0 Å². The Labute approximate surface area is 516 Å². The van der Waals surface area contributed by atoms with Crippen molar-refractivity contribution in [2.24, 2.45) is 0 Å². The minimum atomic E-state index is -0.804. The molecule has 0 aromatic heterocycles. The van der Waals surface area contributed by atoms with Gasteiger partial charge in [0.1, 0.15) is 13.2 Å². The molecular formula is C77H138O6. The van der Waals surface area contributed by atoms with Gasteiger partial charge in [-0.2, -0.15) is 0 Å². The SMILES string of the molecule is CC/C=C\C/C=C\C/C=C\C/C=C\CCC(=O)OCC(COC(=O)CCCCCCCCCCCCCCCCC/C=C\C/C=C\CCCCCCC)OC(=O)CCCCCCCCCCCCCCCCCCCCCCCCCCC. The predicted molar refractivity (Wildman–Crippen MR) is 362 cm³/mol. The van der Waals surface area contributed by atoms with E-state index >= 15 is 0 Å². The fourth-order valence-corrected chi connectivity index (χ4v) is 10.8. The number of carbonyl (C=O) groups excluding carboxylic acids is 3. The molecule has 0 spiro atoms. The lowest BCUT2D eigenvalue weighted by molar-refractivity contribution is -0.166. The van der Waals surface area contributed by atoms with Crippen LogP contribution in [0.1, 0.15) is 380 Å². The van der Waals surface area contributed by atoms with Crippen LogP contribution in [0.5, 0.6) is 0 Å². The largest absolute Gasteiger partial charge is 0.462 e. The van der Waals surface area contributed by atoms with Gasteiger partial charge in [0.15, 0.2) is 6.10 Å². The number of hydrogen-bond acceptors (Lipinski definition) is 6. The molecule has 1 unspecified atom stereocenters. The molecule has 6 heteroatoms. The second kappa shape index (κ2) is 71.3. The minimum Gasteiger partial charge on any atom is -0.462 e. The lowest BCUT2D eigenvalue weighted by atomic mass is 10.0. The highest BCUT2D eigenvalue weighted by atomic mass is 16.6. The third-order valence-electron chi connectivity index (χ3n) is 16.2. The molecule has 0 aromatic rings. The maximum atomic E-state index is 13.0. The molecule has 0 aliphatic carbocycles. The van der Waals surface area contributed by atoms with Crippen LogP contribution < -0.4 is 0 Å². The molecule has 6 nitrogen and oxygen atoms in total. The zero-order valence-corrected chi connectivity index (χ0v) is 55.5. The molecule has 482 valence electrons. The predicted octanol–water partition coefficient (Wildman–Crippen LogP) is 25.2. The Morgan fingerprint density at radius 3 is 0.807 bits per heavy atom. The van der Waals surface area contributed by atoms with Crippen molar-refractivity contribution in [2.75, 3.05) is 13.2 Å². The molecule has 0 aliphatic rings. The van der Waals surface area contributed by atoms with Crippen molar-refractivity contribution in [3.63, 3.8) is 0 Å². The molecular weight excluding hydrogens is 1020 g/mol. The maximum absolute atomic E-state index is 13.0. The Kier molecular flexibility index (Phi) is 68.6. The van der Waals surface area contributed by atoms with E-state index < -0.39 is 6.10 Å². The molecule has 1 atom stereocenters. The second-order valence-electron chi connectivity index (χ2n) is 24.5. The number of unbranched alkanes of at least 4 members (excludes halogenated alkanes) is 44. The summed E-state index contributed by atoms with van der Waals surface area (Å²) in [6.45, 7) is 6.51. The van der Waals surface area contributed by atoms with Crippen molar-refractivity contribution < 1.29 is 28.6 Å². The van der Waals surface area contributed by atoms with E-state index in [9.17, 15) is 14.4 Å². The van der Waals surface area contributed by atoms with Crippen LogP contribution in [0.2, 0.25) is 0 Å². The van der Waals surface area contributed by atoms with Crippen LogP contribution in [0.4, 0.5) is 0 Å². The number of rotatable bonds is 67. The number of carbonyl (C=O) groups is 3. The summed E-state index contributed by atoms with van der Waals surface area (Å²) in [5.41, 5.74) is 0. The summed E-state index contributed by atoms with van der Waals surface area (Å²) in [7, 11) is 0. The van der Waals surface area contributed by atoms with Crippen LogP contribution in [0.15, 0.2) is 72.9 Å². The molecule has 0 aliphatic heterocycles. The van der Waals surface area contributed by atoms with Gasteiger partial charge in [-0.3, -0.25) is 14.4 Å². The average molecular weight is 1160 g/mol. The van der Waals surface area contributed by atoms with E-state index in [-0.39, 0.29) is 37.5 Å². The van der Waals surface area contributed by atoms with Gasteiger partial charge in [0, 0.05) is 19.3 Å². The number of ether oxygens (including phenoxy) is 3. The molecule has 0 heterocycles. The number of hydrogen-bond donors (Lipinski definition) is 0. The highest BCUT2D eigenvalue weighted by Gasteiger charge is 2.19. The fourth-order valence-electron chi connectivity index (χ4n) is 10.8. The van der Waals surface area contributed by atoms with Crippen LogP contribution in [0.3, 0.4) is 0 Å². The molecule has 0 N–H and O–H groups in total. The van der Waals surface area contributed by atoms with Crippen LogP contribution in [-0.4, -0.2) is 37.2 Å². The van der Waals surface area contributed by atoms with E-state index in [2.05, 4.69) is 87.6 Å². The first-order valence-electron chi connectivity index (χ1n) is 36.4. The Morgan fingerprint density at radius 2 is 0.494 bits per heavy atom. The second-order valence-corrected chi connectivity index (χ2v) is 24.5. The zero-order chi connectivity index (χ0) is 59.9. The first-order valence-corrected chi connectivity index (χ1v) is 36.4. The van der Waals surface area contributed by atoms with Crippen LogP contribution in [-0.2, 0) is 28.6 Å². The van der Waals surface area contributed by atoms with Gasteiger partial charge in [-0.15, -0.1) is 0 Å². The summed E-state index contributed by atoms with van der Waals surface area (Å²) < 4.78 is 16.9. The molecule has 0 rings (SSSR count). The van der Waals surface area contributed by atoms with Crippen LogP contribution in [0, 0.1) is 0 Å². The molecule has 83 heavy (non-hydrogen) atoms. The topological polar surface area (TPSA) is 78.9 Å². The lowest BCUT2D eigenvalue weighted by Crippen LogP contribution is -2.30. The molecule has 0 saturated heterocycles. The smallest absolute Gasteiger partial charge is 0.306 e. The van der Waals surface area contributed by atoms with E-state index in [4.69, 9.17) is 14.2 Å². The van der Waals surface area contributed by atoms with Gasteiger partial charge in [0.2, 0.25) is 0 Å². The Balaban J connectivity index is 4.24. The van der Waals surface area contributed by atoms with E-state index in [1.807, 2.05) is 6.08 Å². The minimum absolute atomic E-state index is 0.0934.